The van der Waals surface area contributed by atoms with Crippen molar-refractivity contribution in [1.29, 1.82) is 0 Å². The molecule has 1 saturated carbocycles. The van der Waals surface area contributed by atoms with Gasteiger partial charge in [0.1, 0.15) is 0 Å². The van der Waals surface area contributed by atoms with Crippen LogP contribution in [0.5, 0.6) is 0 Å². The fourth-order valence-corrected chi connectivity index (χ4v) is 2.21. The summed E-state index contributed by atoms with van der Waals surface area (Å²) in [7, 11) is 0. The predicted molar refractivity (Wildman–Crippen MR) is 68.4 cm³/mol. The van der Waals surface area contributed by atoms with Crippen LogP contribution in [0.1, 0.15) is 37.3 Å². The molecule has 0 saturated heterocycles. The number of nitrogens with two attached hydrogens (primary N) is 1. The lowest BCUT2D eigenvalue weighted by Gasteiger charge is -2.18. The summed E-state index contributed by atoms with van der Waals surface area (Å²) in [6.45, 7) is 4.02. The molecule has 1 aromatic rings. The molecular formula is C14H22N2. The van der Waals surface area contributed by atoms with Gasteiger partial charge in [-0.25, -0.2) is 0 Å². The lowest BCUT2D eigenvalue weighted by Crippen LogP contribution is -2.30. The molecule has 1 aromatic carbocycles. The van der Waals surface area contributed by atoms with E-state index in [0.717, 1.165) is 25.9 Å². The Morgan fingerprint density at radius 2 is 2.19 bits per heavy atom. The summed E-state index contributed by atoms with van der Waals surface area (Å²) in [5.74, 6) is 0. The summed E-state index contributed by atoms with van der Waals surface area (Å²) in [5, 5.41) is 3.66. The minimum absolute atomic E-state index is 0.278. The van der Waals surface area contributed by atoms with E-state index < -0.39 is 0 Å². The second-order valence-corrected chi connectivity index (χ2v) is 4.71. The first-order valence-corrected chi connectivity index (χ1v) is 6.35. The Morgan fingerprint density at radius 3 is 2.81 bits per heavy atom. The van der Waals surface area contributed by atoms with Crippen molar-refractivity contribution in [2.45, 2.75) is 38.1 Å². The Bertz CT molecular complexity index is 342. The predicted octanol–water partition coefficient (Wildman–Crippen LogP) is 2.18. The van der Waals surface area contributed by atoms with E-state index in [4.69, 9.17) is 5.73 Å². The molecule has 0 aliphatic heterocycles. The van der Waals surface area contributed by atoms with Crippen LogP contribution in [0.2, 0.25) is 0 Å². The number of hydrogen-bond donors (Lipinski definition) is 2. The minimum Gasteiger partial charge on any atom is -0.330 e. The first kappa shape index (κ1) is 11.6. The van der Waals surface area contributed by atoms with Gasteiger partial charge in [-0.3, -0.25) is 0 Å². The van der Waals surface area contributed by atoms with Crippen LogP contribution in [0.3, 0.4) is 0 Å². The SMILES string of the molecule is CCc1cccc(C2(NCCCN)CC2)c1. The second-order valence-electron chi connectivity index (χ2n) is 4.71. The van der Waals surface area contributed by atoms with E-state index in [-0.39, 0.29) is 5.54 Å². The first-order valence-electron chi connectivity index (χ1n) is 6.35. The van der Waals surface area contributed by atoms with Crippen LogP contribution in [-0.4, -0.2) is 13.1 Å². The van der Waals surface area contributed by atoms with Gasteiger partial charge in [-0.15, -0.1) is 0 Å². The van der Waals surface area contributed by atoms with Crippen LogP contribution in [0, 0.1) is 0 Å². The van der Waals surface area contributed by atoms with Crippen molar-refractivity contribution in [2.24, 2.45) is 5.73 Å². The van der Waals surface area contributed by atoms with Crippen LogP contribution < -0.4 is 11.1 Å². The molecule has 2 heteroatoms. The molecule has 0 amide bonds. The van der Waals surface area contributed by atoms with E-state index in [1.807, 2.05) is 0 Å². The summed E-state index contributed by atoms with van der Waals surface area (Å²) in [6.07, 6.45) is 4.72. The van der Waals surface area contributed by atoms with Crippen LogP contribution in [0.15, 0.2) is 24.3 Å². The molecule has 1 aliphatic carbocycles. The van der Waals surface area contributed by atoms with E-state index in [0.29, 0.717) is 0 Å². The maximum absolute atomic E-state index is 5.52. The van der Waals surface area contributed by atoms with Crippen molar-refractivity contribution in [1.82, 2.24) is 5.32 Å². The van der Waals surface area contributed by atoms with E-state index in [1.54, 1.807) is 0 Å². The quantitative estimate of drug-likeness (QED) is 0.718. The normalized spacial score (nSPS) is 17.4. The third-order valence-corrected chi connectivity index (χ3v) is 3.48. The standard InChI is InChI=1S/C14H22N2/c1-2-12-5-3-6-13(11-12)14(7-8-14)16-10-4-9-15/h3,5-6,11,16H,2,4,7-10,15H2,1H3. The molecule has 0 atom stereocenters. The highest BCUT2D eigenvalue weighted by Gasteiger charge is 2.43. The van der Waals surface area contributed by atoms with Crippen molar-refractivity contribution in [3.05, 3.63) is 35.4 Å². The highest BCUT2D eigenvalue weighted by molar-refractivity contribution is 5.33. The molecule has 1 aliphatic rings. The van der Waals surface area contributed by atoms with Gasteiger partial charge in [0.2, 0.25) is 0 Å². The van der Waals surface area contributed by atoms with Gasteiger partial charge in [-0.1, -0.05) is 31.2 Å². The summed E-state index contributed by atoms with van der Waals surface area (Å²) in [4.78, 5) is 0. The molecule has 0 bridgehead atoms. The lowest BCUT2D eigenvalue weighted by molar-refractivity contribution is 0.511. The molecule has 0 unspecified atom stereocenters. The number of benzene rings is 1. The molecular weight excluding hydrogens is 196 g/mol. The van der Waals surface area contributed by atoms with Gasteiger partial charge in [0.05, 0.1) is 0 Å². The van der Waals surface area contributed by atoms with Gasteiger partial charge in [0.25, 0.3) is 0 Å². The summed E-state index contributed by atoms with van der Waals surface area (Å²) >= 11 is 0. The molecule has 88 valence electrons. The van der Waals surface area contributed by atoms with Crippen LogP contribution >= 0.6 is 0 Å². The van der Waals surface area contributed by atoms with E-state index >= 15 is 0 Å². The Hall–Kier alpha value is -0.860. The third-order valence-electron chi connectivity index (χ3n) is 3.48. The lowest BCUT2D eigenvalue weighted by atomic mass is 10.0. The van der Waals surface area contributed by atoms with Gasteiger partial charge in [0.15, 0.2) is 0 Å². The summed E-state index contributed by atoms with van der Waals surface area (Å²) in [6, 6.07) is 8.99. The highest BCUT2D eigenvalue weighted by Crippen LogP contribution is 2.45. The Labute approximate surface area is 98.2 Å². The van der Waals surface area contributed by atoms with Crippen LogP contribution in [0.4, 0.5) is 0 Å². The zero-order valence-electron chi connectivity index (χ0n) is 10.1. The highest BCUT2D eigenvalue weighted by atomic mass is 15.0. The van der Waals surface area contributed by atoms with Crippen molar-refractivity contribution in [2.75, 3.05) is 13.1 Å². The zero-order chi connectivity index (χ0) is 11.4. The fraction of sp³-hybridized carbons (Fsp3) is 0.571. The monoisotopic (exact) mass is 218 g/mol. The molecule has 2 rings (SSSR count). The molecule has 0 aromatic heterocycles. The third kappa shape index (κ3) is 2.45. The first-order chi connectivity index (χ1) is 7.80. The van der Waals surface area contributed by atoms with Crippen LogP contribution in [0.25, 0.3) is 0 Å². The number of nitrogens with one attached hydrogen (secondary N) is 1. The average molecular weight is 218 g/mol. The largest absolute Gasteiger partial charge is 0.330 e. The van der Waals surface area contributed by atoms with Gasteiger partial charge < -0.3 is 11.1 Å². The molecule has 0 radical (unpaired) electrons. The van der Waals surface area contributed by atoms with Gasteiger partial charge in [-0.2, -0.15) is 0 Å². The van der Waals surface area contributed by atoms with Crippen molar-refractivity contribution in [3.8, 4) is 0 Å². The number of rotatable bonds is 6. The summed E-state index contributed by atoms with van der Waals surface area (Å²) < 4.78 is 0. The number of aryl methyl sites for hydroxylation is 1. The minimum atomic E-state index is 0.278. The van der Waals surface area contributed by atoms with Gasteiger partial charge in [-0.05, 0) is 49.9 Å². The zero-order valence-corrected chi connectivity index (χ0v) is 10.1. The van der Waals surface area contributed by atoms with E-state index in [2.05, 4.69) is 36.5 Å². The molecule has 16 heavy (non-hydrogen) atoms. The fourth-order valence-electron chi connectivity index (χ4n) is 2.21. The van der Waals surface area contributed by atoms with Gasteiger partial charge >= 0.3 is 0 Å². The molecule has 0 spiro atoms. The molecule has 1 fully saturated rings. The molecule has 2 nitrogen and oxygen atoms in total. The second kappa shape index (κ2) is 4.98. The molecule has 3 N–H and O–H groups in total. The van der Waals surface area contributed by atoms with E-state index in [9.17, 15) is 0 Å². The Kier molecular flexibility index (Phi) is 3.62. The smallest absolute Gasteiger partial charge is 0.0436 e. The van der Waals surface area contributed by atoms with Crippen LogP contribution in [-0.2, 0) is 12.0 Å². The molecule has 0 heterocycles. The average Bonchev–Trinajstić information content (AvgIpc) is 3.11. The summed E-state index contributed by atoms with van der Waals surface area (Å²) in [5.41, 5.74) is 8.70. The van der Waals surface area contributed by atoms with Crippen molar-refractivity contribution in [3.63, 3.8) is 0 Å². The Morgan fingerprint density at radius 1 is 1.38 bits per heavy atom. The number of hydrogen-bond acceptors (Lipinski definition) is 2. The van der Waals surface area contributed by atoms with Crippen molar-refractivity contribution >= 4 is 0 Å². The van der Waals surface area contributed by atoms with E-state index in [1.165, 1.54) is 24.0 Å². The Balaban J connectivity index is 2.04. The maximum Gasteiger partial charge on any atom is 0.0436 e. The van der Waals surface area contributed by atoms with Gasteiger partial charge in [0, 0.05) is 5.54 Å². The van der Waals surface area contributed by atoms with Crippen molar-refractivity contribution < 1.29 is 0 Å². The topological polar surface area (TPSA) is 38.0 Å². The maximum atomic E-state index is 5.52.